The maximum absolute atomic E-state index is 12.0. The van der Waals surface area contributed by atoms with Crippen LogP contribution in [0.5, 0.6) is 0 Å². The summed E-state index contributed by atoms with van der Waals surface area (Å²) in [5.41, 5.74) is 5.18. The van der Waals surface area contributed by atoms with Crippen molar-refractivity contribution in [2.75, 3.05) is 0 Å². The summed E-state index contributed by atoms with van der Waals surface area (Å²) in [4.78, 5) is 12.0. The molecule has 0 radical (unpaired) electrons. The molecule has 0 saturated carbocycles. The molecule has 0 atom stereocenters. The summed E-state index contributed by atoms with van der Waals surface area (Å²) in [5, 5.41) is 4.13. The predicted molar refractivity (Wildman–Crippen MR) is 84.9 cm³/mol. The van der Waals surface area contributed by atoms with Gasteiger partial charge in [-0.1, -0.05) is 42.5 Å². The molecule has 0 unspecified atom stereocenters. The van der Waals surface area contributed by atoms with Gasteiger partial charge in [0, 0.05) is 16.6 Å². The number of halogens is 1. The molecular formula is C16H15BrN2O. The lowest BCUT2D eigenvalue weighted by atomic mass is 10.1. The summed E-state index contributed by atoms with van der Waals surface area (Å²) in [7, 11) is 0. The molecule has 0 heterocycles. The minimum atomic E-state index is -0.218. The molecule has 3 nitrogen and oxygen atoms in total. The van der Waals surface area contributed by atoms with Crippen molar-refractivity contribution in [2.24, 2.45) is 5.10 Å². The minimum absolute atomic E-state index is 0.218. The van der Waals surface area contributed by atoms with E-state index < -0.39 is 0 Å². The number of nitrogens with zero attached hydrogens (tertiary/aromatic N) is 1. The van der Waals surface area contributed by atoms with Crippen molar-refractivity contribution in [1.29, 1.82) is 0 Å². The van der Waals surface area contributed by atoms with Crippen LogP contribution in [-0.4, -0.2) is 11.6 Å². The summed E-state index contributed by atoms with van der Waals surface area (Å²) in [6.07, 6.45) is 0.719. The van der Waals surface area contributed by atoms with Crippen LogP contribution in [0.25, 0.3) is 0 Å². The molecule has 2 aromatic carbocycles. The number of nitrogens with one attached hydrogen (secondary N) is 1. The summed E-state index contributed by atoms with van der Waals surface area (Å²) in [6.45, 7) is 1.90. The zero-order chi connectivity index (χ0) is 14.4. The molecule has 0 aliphatic rings. The second kappa shape index (κ2) is 7.01. The molecule has 0 spiro atoms. The number of hydrogen-bond acceptors (Lipinski definition) is 2. The van der Waals surface area contributed by atoms with E-state index in [4.69, 9.17) is 0 Å². The molecule has 1 amide bonds. The number of hydrogen-bond donors (Lipinski definition) is 1. The van der Waals surface area contributed by atoms with Gasteiger partial charge in [-0.05, 0) is 40.5 Å². The van der Waals surface area contributed by atoms with Crippen molar-refractivity contribution in [1.82, 2.24) is 5.43 Å². The summed E-state index contributed by atoms with van der Waals surface area (Å²) >= 11 is 3.35. The molecule has 0 aliphatic carbocycles. The van der Waals surface area contributed by atoms with Crippen LogP contribution >= 0.6 is 15.9 Å². The van der Waals surface area contributed by atoms with Crippen molar-refractivity contribution in [3.05, 3.63) is 70.2 Å². The van der Waals surface area contributed by atoms with Gasteiger partial charge in [0.25, 0.3) is 5.91 Å². The average molecular weight is 331 g/mol. The highest BCUT2D eigenvalue weighted by molar-refractivity contribution is 9.10. The van der Waals surface area contributed by atoms with Crippen molar-refractivity contribution >= 4 is 27.5 Å². The molecule has 0 aromatic heterocycles. The van der Waals surface area contributed by atoms with Crippen molar-refractivity contribution in [3.8, 4) is 0 Å². The molecule has 2 aromatic rings. The van der Waals surface area contributed by atoms with Crippen LogP contribution in [0.4, 0.5) is 0 Å². The second-order valence-corrected chi connectivity index (χ2v) is 5.28. The van der Waals surface area contributed by atoms with Crippen LogP contribution in [0.2, 0.25) is 0 Å². The zero-order valence-corrected chi connectivity index (χ0v) is 12.7. The second-order valence-electron chi connectivity index (χ2n) is 4.43. The maximum atomic E-state index is 12.0. The van der Waals surface area contributed by atoms with E-state index in [2.05, 4.69) is 26.5 Å². The molecule has 0 aliphatic heterocycles. The maximum Gasteiger partial charge on any atom is 0.272 e. The Kier molecular flexibility index (Phi) is 5.07. The first-order valence-corrected chi connectivity index (χ1v) is 7.08. The quantitative estimate of drug-likeness (QED) is 0.672. The Labute approximate surface area is 126 Å². The van der Waals surface area contributed by atoms with E-state index in [1.165, 1.54) is 5.56 Å². The van der Waals surface area contributed by atoms with Crippen molar-refractivity contribution < 1.29 is 4.79 Å². The first-order chi connectivity index (χ1) is 9.66. The highest BCUT2D eigenvalue weighted by atomic mass is 79.9. The van der Waals surface area contributed by atoms with Crippen LogP contribution in [0, 0.1) is 0 Å². The van der Waals surface area contributed by atoms with Gasteiger partial charge in [0.15, 0.2) is 0 Å². The lowest BCUT2D eigenvalue weighted by molar-refractivity contribution is 0.0954. The SMILES string of the molecule is CC(Cc1ccccc1)=NNC(=O)c1ccccc1Br. The van der Waals surface area contributed by atoms with Gasteiger partial charge in [-0.25, -0.2) is 5.43 Å². The van der Waals surface area contributed by atoms with E-state index in [1.807, 2.05) is 55.5 Å². The van der Waals surface area contributed by atoms with Crippen molar-refractivity contribution in [3.63, 3.8) is 0 Å². The molecule has 0 saturated heterocycles. The van der Waals surface area contributed by atoms with E-state index in [0.29, 0.717) is 5.56 Å². The fourth-order valence-corrected chi connectivity index (χ4v) is 2.25. The standard InChI is InChI=1S/C16H15BrN2O/c1-12(11-13-7-3-2-4-8-13)18-19-16(20)14-9-5-6-10-15(14)17/h2-10H,11H2,1H3,(H,19,20). The smallest absolute Gasteiger partial charge is 0.267 e. The zero-order valence-electron chi connectivity index (χ0n) is 11.1. The first kappa shape index (κ1) is 14.5. The molecule has 20 heavy (non-hydrogen) atoms. The Hall–Kier alpha value is -1.94. The molecule has 0 bridgehead atoms. The van der Waals surface area contributed by atoms with Gasteiger partial charge in [-0.2, -0.15) is 5.10 Å². The van der Waals surface area contributed by atoms with E-state index in [9.17, 15) is 4.79 Å². The fourth-order valence-electron chi connectivity index (χ4n) is 1.78. The predicted octanol–water partition coefficient (Wildman–Crippen LogP) is 3.80. The third-order valence-electron chi connectivity index (χ3n) is 2.77. The Morgan fingerprint density at radius 3 is 2.45 bits per heavy atom. The number of rotatable bonds is 4. The first-order valence-electron chi connectivity index (χ1n) is 6.29. The highest BCUT2D eigenvalue weighted by Gasteiger charge is 2.07. The summed E-state index contributed by atoms with van der Waals surface area (Å²) < 4.78 is 0.758. The number of carbonyl (C=O) groups excluding carboxylic acids is 1. The topological polar surface area (TPSA) is 41.5 Å². The monoisotopic (exact) mass is 330 g/mol. The normalized spacial score (nSPS) is 11.2. The molecule has 0 fully saturated rings. The summed E-state index contributed by atoms with van der Waals surface area (Å²) in [6, 6.07) is 17.3. The van der Waals surface area contributed by atoms with Gasteiger partial charge in [-0.15, -0.1) is 0 Å². The van der Waals surface area contributed by atoms with Gasteiger partial charge < -0.3 is 0 Å². The Morgan fingerprint density at radius 1 is 1.10 bits per heavy atom. The van der Waals surface area contributed by atoms with Gasteiger partial charge in [0.1, 0.15) is 0 Å². The number of amides is 1. The van der Waals surface area contributed by atoms with E-state index in [0.717, 1.165) is 16.6 Å². The number of hydrazone groups is 1. The van der Waals surface area contributed by atoms with Crippen LogP contribution in [0.3, 0.4) is 0 Å². The van der Waals surface area contributed by atoms with Crippen LogP contribution in [0.15, 0.2) is 64.2 Å². The molecule has 4 heteroatoms. The molecule has 2 rings (SSSR count). The van der Waals surface area contributed by atoms with Crippen LogP contribution in [-0.2, 0) is 6.42 Å². The lowest BCUT2D eigenvalue weighted by Crippen LogP contribution is -2.20. The van der Waals surface area contributed by atoms with Gasteiger partial charge in [0.05, 0.1) is 5.56 Å². The van der Waals surface area contributed by atoms with Gasteiger partial charge in [0.2, 0.25) is 0 Å². The fraction of sp³-hybridized carbons (Fsp3) is 0.125. The summed E-state index contributed by atoms with van der Waals surface area (Å²) in [5.74, 6) is -0.218. The highest BCUT2D eigenvalue weighted by Crippen LogP contribution is 2.15. The van der Waals surface area contributed by atoms with Crippen LogP contribution in [0.1, 0.15) is 22.8 Å². The van der Waals surface area contributed by atoms with Gasteiger partial charge >= 0.3 is 0 Å². The Morgan fingerprint density at radius 2 is 1.75 bits per heavy atom. The van der Waals surface area contributed by atoms with E-state index in [-0.39, 0.29) is 5.91 Å². The average Bonchev–Trinajstić information content (AvgIpc) is 2.46. The molecular weight excluding hydrogens is 316 g/mol. The van der Waals surface area contributed by atoms with Crippen LogP contribution < -0.4 is 5.43 Å². The Bertz CT molecular complexity index is 623. The minimum Gasteiger partial charge on any atom is -0.267 e. The van der Waals surface area contributed by atoms with Crippen molar-refractivity contribution in [2.45, 2.75) is 13.3 Å². The number of benzene rings is 2. The van der Waals surface area contributed by atoms with Gasteiger partial charge in [-0.3, -0.25) is 4.79 Å². The molecule has 102 valence electrons. The lowest BCUT2D eigenvalue weighted by Gasteiger charge is -2.04. The Balaban J connectivity index is 1.99. The molecule has 1 N–H and O–H groups in total. The third-order valence-corrected chi connectivity index (χ3v) is 3.46. The third kappa shape index (κ3) is 4.03. The van der Waals surface area contributed by atoms with E-state index in [1.54, 1.807) is 6.07 Å². The number of carbonyl (C=O) groups is 1. The largest absolute Gasteiger partial charge is 0.272 e. The van der Waals surface area contributed by atoms with E-state index >= 15 is 0 Å².